The van der Waals surface area contributed by atoms with E-state index in [0.717, 1.165) is 36.4 Å². The zero-order valence-corrected chi connectivity index (χ0v) is 19.2. The van der Waals surface area contributed by atoms with Gasteiger partial charge in [0.25, 0.3) is 11.6 Å². The lowest BCUT2D eigenvalue weighted by Crippen LogP contribution is -2.47. The quantitative estimate of drug-likeness (QED) is 0.342. The first kappa shape index (κ1) is 21.9. The van der Waals surface area contributed by atoms with Crippen molar-refractivity contribution in [1.29, 1.82) is 0 Å². The molecule has 34 heavy (non-hydrogen) atoms. The van der Waals surface area contributed by atoms with E-state index in [2.05, 4.69) is 32.4 Å². The molecule has 5 rings (SSSR count). The number of fused-ring (bicyclic) bond motifs is 1. The van der Waals surface area contributed by atoms with Gasteiger partial charge >= 0.3 is 0 Å². The fourth-order valence-electron chi connectivity index (χ4n) is 3.74. The molecule has 0 radical (unpaired) electrons. The highest BCUT2D eigenvalue weighted by atomic mass is 32.1. The lowest BCUT2D eigenvalue weighted by atomic mass is 10.1. The molecule has 0 aliphatic carbocycles. The number of piperazine rings is 1. The number of aromatic nitrogens is 3. The summed E-state index contributed by atoms with van der Waals surface area (Å²) in [6, 6.07) is 15.3. The minimum Gasteiger partial charge on any atom is -0.336 e. The highest BCUT2D eigenvalue weighted by Gasteiger charge is 2.21. The van der Waals surface area contributed by atoms with Crippen molar-refractivity contribution in [3.8, 4) is 11.3 Å². The molecule has 0 saturated carbocycles. The summed E-state index contributed by atoms with van der Waals surface area (Å²) < 4.78 is 0.906. The van der Waals surface area contributed by atoms with Gasteiger partial charge in [0.15, 0.2) is 10.9 Å². The van der Waals surface area contributed by atoms with Gasteiger partial charge in [0.05, 0.1) is 20.8 Å². The van der Waals surface area contributed by atoms with Gasteiger partial charge in [-0.2, -0.15) is 0 Å². The molecule has 0 atom stereocenters. The summed E-state index contributed by atoms with van der Waals surface area (Å²) in [6.07, 6.45) is 0. The lowest BCUT2D eigenvalue weighted by molar-refractivity contribution is -0.384. The Hall–Kier alpha value is -3.96. The number of hydrogen-bond donors (Lipinski definition) is 1. The van der Waals surface area contributed by atoms with Gasteiger partial charge in [-0.05, 0) is 37.4 Å². The molecule has 1 amide bonds. The molecule has 0 unspecified atom stereocenters. The van der Waals surface area contributed by atoms with Gasteiger partial charge in [-0.15, -0.1) is 10.2 Å². The molecule has 4 aromatic rings. The molecule has 2 aromatic heterocycles. The first-order chi connectivity index (χ1) is 16.5. The summed E-state index contributed by atoms with van der Waals surface area (Å²) in [7, 11) is 2.06. The third-order valence-corrected chi connectivity index (χ3v) is 6.61. The normalized spacial score (nSPS) is 14.3. The molecule has 10 nitrogen and oxygen atoms in total. The summed E-state index contributed by atoms with van der Waals surface area (Å²) in [5.74, 6) is 0.544. The molecule has 1 saturated heterocycles. The van der Waals surface area contributed by atoms with E-state index in [1.807, 2.05) is 23.1 Å². The van der Waals surface area contributed by atoms with E-state index in [1.54, 1.807) is 24.3 Å². The third-order valence-electron chi connectivity index (χ3n) is 5.68. The van der Waals surface area contributed by atoms with E-state index < -0.39 is 4.92 Å². The maximum atomic E-state index is 12.9. The van der Waals surface area contributed by atoms with Gasteiger partial charge in [0.2, 0.25) is 0 Å². The second-order valence-electron chi connectivity index (χ2n) is 8.03. The predicted octanol–water partition coefficient (Wildman–Crippen LogP) is 3.79. The van der Waals surface area contributed by atoms with E-state index in [4.69, 9.17) is 0 Å². The number of rotatable bonds is 5. The molecular formula is C23H21N7O3S. The Balaban J connectivity index is 1.31. The summed E-state index contributed by atoms with van der Waals surface area (Å²) in [5, 5.41) is 23.1. The summed E-state index contributed by atoms with van der Waals surface area (Å²) in [6.45, 7) is 3.22. The van der Waals surface area contributed by atoms with Gasteiger partial charge in [-0.25, -0.2) is 4.98 Å². The van der Waals surface area contributed by atoms with Crippen LogP contribution in [0.1, 0.15) is 10.4 Å². The number of nitro groups is 1. The SMILES string of the molecule is CN1CCN(C(=O)c2ccc3nc(Nc4ccc(-c5cccc([N+](=O)[O-])c5)nn4)sc3c2)CC1. The van der Waals surface area contributed by atoms with Crippen molar-refractivity contribution in [3.63, 3.8) is 0 Å². The van der Waals surface area contributed by atoms with Crippen LogP contribution in [-0.4, -0.2) is 69.0 Å². The Kier molecular flexibility index (Phi) is 5.86. The van der Waals surface area contributed by atoms with E-state index in [-0.39, 0.29) is 11.6 Å². The number of non-ortho nitro benzene ring substituents is 1. The third kappa shape index (κ3) is 4.56. The number of anilines is 2. The molecule has 0 bridgehead atoms. The van der Waals surface area contributed by atoms with Crippen LogP contribution in [-0.2, 0) is 0 Å². The Labute approximate surface area is 199 Å². The minimum absolute atomic E-state index is 0.00134. The largest absolute Gasteiger partial charge is 0.336 e. The minimum atomic E-state index is -0.440. The standard InChI is InChI=1S/C23H21N7O3S/c1-28-9-11-29(12-10-28)22(31)16-5-6-19-20(14-16)34-23(24-19)25-21-8-7-18(26-27-21)15-3-2-4-17(13-15)30(32)33/h2-8,13-14H,9-12H2,1H3,(H,24,25,27). The molecule has 0 spiro atoms. The topological polar surface area (TPSA) is 117 Å². The molecule has 1 aliphatic heterocycles. The van der Waals surface area contributed by atoms with Crippen LogP contribution in [0.15, 0.2) is 54.6 Å². The molecule has 172 valence electrons. The van der Waals surface area contributed by atoms with E-state index >= 15 is 0 Å². The number of benzene rings is 2. The van der Waals surface area contributed by atoms with Gasteiger partial charge in [0, 0.05) is 49.4 Å². The van der Waals surface area contributed by atoms with Gasteiger partial charge in [0.1, 0.15) is 0 Å². The highest BCUT2D eigenvalue weighted by Crippen LogP contribution is 2.29. The highest BCUT2D eigenvalue weighted by molar-refractivity contribution is 7.22. The Morgan fingerprint density at radius 2 is 1.88 bits per heavy atom. The van der Waals surface area contributed by atoms with Crippen molar-refractivity contribution in [2.75, 3.05) is 38.5 Å². The molecular weight excluding hydrogens is 454 g/mol. The number of hydrogen-bond acceptors (Lipinski definition) is 9. The molecule has 2 aromatic carbocycles. The molecule has 3 heterocycles. The number of nitro benzene ring substituents is 1. The Morgan fingerprint density at radius 3 is 2.62 bits per heavy atom. The van der Waals surface area contributed by atoms with Crippen molar-refractivity contribution in [3.05, 3.63) is 70.3 Å². The van der Waals surface area contributed by atoms with Gasteiger partial charge < -0.3 is 15.1 Å². The molecule has 1 aliphatic rings. The molecule has 1 fully saturated rings. The summed E-state index contributed by atoms with van der Waals surface area (Å²) >= 11 is 1.43. The number of nitrogens with zero attached hydrogens (tertiary/aromatic N) is 6. The monoisotopic (exact) mass is 475 g/mol. The number of carbonyl (C=O) groups is 1. The molecule has 1 N–H and O–H groups in total. The Bertz CT molecular complexity index is 1360. The number of thiazole rings is 1. The van der Waals surface area contributed by atoms with Crippen LogP contribution in [0.3, 0.4) is 0 Å². The number of likely N-dealkylation sites (N-methyl/N-ethyl adjacent to an activating group) is 1. The van der Waals surface area contributed by atoms with Crippen LogP contribution in [0.4, 0.5) is 16.6 Å². The smallest absolute Gasteiger partial charge is 0.270 e. The van der Waals surface area contributed by atoms with Crippen LogP contribution >= 0.6 is 11.3 Å². The fourth-order valence-corrected chi connectivity index (χ4v) is 4.66. The Morgan fingerprint density at radius 1 is 1.06 bits per heavy atom. The van der Waals surface area contributed by atoms with E-state index in [9.17, 15) is 14.9 Å². The second kappa shape index (κ2) is 9.12. The average molecular weight is 476 g/mol. The van der Waals surface area contributed by atoms with Crippen molar-refractivity contribution in [1.82, 2.24) is 25.0 Å². The van der Waals surface area contributed by atoms with E-state index in [1.165, 1.54) is 23.5 Å². The van der Waals surface area contributed by atoms with Gasteiger partial charge in [-0.3, -0.25) is 14.9 Å². The number of amides is 1. The van der Waals surface area contributed by atoms with Crippen molar-refractivity contribution in [2.24, 2.45) is 0 Å². The predicted molar refractivity (Wildman–Crippen MR) is 130 cm³/mol. The van der Waals surface area contributed by atoms with Crippen LogP contribution in [0.25, 0.3) is 21.5 Å². The van der Waals surface area contributed by atoms with Crippen molar-refractivity contribution < 1.29 is 9.72 Å². The summed E-state index contributed by atoms with van der Waals surface area (Å²) in [5.41, 5.74) is 2.61. The maximum Gasteiger partial charge on any atom is 0.270 e. The van der Waals surface area contributed by atoms with E-state index in [0.29, 0.717) is 27.8 Å². The maximum absolute atomic E-state index is 12.9. The van der Waals surface area contributed by atoms with Crippen LogP contribution < -0.4 is 5.32 Å². The second-order valence-corrected chi connectivity index (χ2v) is 9.06. The number of carbonyl (C=O) groups excluding carboxylic acids is 1. The van der Waals surface area contributed by atoms with Crippen molar-refractivity contribution >= 4 is 44.1 Å². The zero-order chi connectivity index (χ0) is 23.7. The fraction of sp³-hybridized carbons (Fsp3) is 0.217. The van der Waals surface area contributed by atoms with Crippen LogP contribution in [0, 0.1) is 10.1 Å². The number of nitrogens with one attached hydrogen (secondary N) is 1. The first-order valence-corrected chi connectivity index (χ1v) is 11.5. The average Bonchev–Trinajstić information content (AvgIpc) is 3.26. The summed E-state index contributed by atoms with van der Waals surface area (Å²) in [4.78, 5) is 32.1. The van der Waals surface area contributed by atoms with Gasteiger partial charge in [-0.1, -0.05) is 23.5 Å². The van der Waals surface area contributed by atoms with Crippen molar-refractivity contribution in [2.45, 2.75) is 0 Å². The first-order valence-electron chi connectivity index (χ1n) is 10.7. The van der Waals surface area contributed by atoms with Crippen LogP contribution in [0.2, 0.25) is 0 Å². The lowest BCUT2D eigenvalue weighted by Gasteiger charge is -2.32. The molecule has 11 heteroatoms. The zero-order valence-electron chi connectivity index (χ0n) is 18.3. The van der Waals surface area contributed by atoms with Crippen LogP contribution in [0.5, 0.6) is 0 Å².